The summed E-state index contributed by atoms with van der Waals surface area (Å²) in [4.78, 5) is 1.98. The second-order valence-electron chi connectivity index (χ2n) is 2.81. The number of hydrogen-bond acceptors (Lipinski definition) is 2. The molecule has 1 rings (SSSR count). The zero-order valence-corrected chi connectivity index (χ0v) is 7.86. The summed E-state index contributed by atoms with van der Waals surface area (Å²) >= 11 is 0. The predicted molar refractivity (Wildman–Crippen MR) is 54.2 cm³/mol. The third-order valence-electron chi connectivity index (χ3n) is 1.95. The van der Waals surface area contributed by atoms with E-state index < -0.39 is 0 Å². The topological polar surface area (TPSA) is 27.0 Å². The van der Waals surface area contributed by atoms with Crippen LogP contribution in [0.25, 0.3) is 0 Å². The van der Waals surface area contributed by atoms with Crippen LogP contribution < -0.4 is 4.90 Å². The van der Waals surface area contributed by atoms with E-state index in [0.29, 0.717) is 0 Å². The molecular weight excluding hydrogens is 160 g/mol. The number of benzene rings is 1. The van der Waals surface area contributed by atoms with Gasteiger partial charge in [0.15, 0.2) is 0 Å². The second kappa shape index (κ2) is 4.32. The van der Waals surface area contributed by atoms with Crippen molar-refractivity contribution < 1.29 is 0 Å². The second-order valence-corrected chi connectivity index (χ2v) is 2.81. The van der Waals surface area contributed by atoms with E-state index in [2.05, 4.69) is 0 Å². The van der Waals surface area contributed by atoms with Crippen molar-refractivity contribution in [1.29, 1.82) is 5.26 Å². The van der Waals surface area contributed by atoms with Crippen LogP contribution in [0.5, 0.6) is 0 Å². The standard InChI is InChI=1S/C11H12N2/c1-10(8-9-12)13(2)11-6-4-3-5-7-11/h3-8H,1-2H3/b10-8-. The third-order valence-corrected chi connectivity index (χ3v) is 1.95. The molecule has 0 unspecified atom stereocenters. The number of rotatable bonds is 2. The zero-order chi connectivity index (χ0) is 9.68. The molecule has 1 aromatic carbocycles. The summed E-state index contributed by atoms with van der Waals surface area (Å²) in [7, 11) is 1.94. The summed E-state index contributed by atoms with van der Waals surface area (Å²) in [6, 6.07) is 12.0. The van der Waals surface area contributed by atoms with Crippen molar-refractivity contribution in [2.75, 3.05) is 11.9 Å². The largest absolute Gasteiger partial charge is 0.348 e. The van der Waals surface area contributed by atoms with Gasteiger partial charge in [-0.15, -0.1) is 0 Å². The molecule has 0 N–H and O–H groups in total. The van der Waals surface area contributed by atoms with Crippen molar-refractivity contribution in [3.05, 3.63) is 42.1 Å². The van der Waals surface area contributed by atoms with Gasteiger partial charge in [0.05, 0.1) is 6.07 Å². The number of allylic oxidation sites excluding steroid dienone is 2. The Kier molecular flexibility index (Phi) is 3.10. The van der Waals surface area contributed by atoms with Gasteiger partial charge in [-0.1, -0.05) is 18.2 Å². The minimum absolute atomic E-state index is 0.939. The molecule has 13 heavy (non-hydrogen) atoms. The van der Waals surface area contributed by atoms with E-state index in [9.17, 15) is 0 Å². The summed E-state index contributed by atoms with van der Waals surface area (Å²) in [5.74, 6) is 0. The van der Waals surface area contributed by atoms with Crippen molar-refractivity contribution >= 4 is 5.69 Å². The van der Waals surface area contributed by atoms with E-state index in [1.165, 1.54) is 6.08 Å². The normalized spacial score (nSPS) is 10.7. The highest BCUT2D eigenvalue weighted by atomic mass is 15.1. The Hall–Kier alpha value is -1.75. The zero-order valence-electron chi connectivity index (χ0n) is 7.86. The maximum Gasteiger partial charge on any atom is 0.0930 e. The maximum absolute atomic E-state index is 8.48. The Labute approximate surface area is 78.7 Å². The van der Waals surface area contributed by atoms with Crippen LogP contribution in [0.2, 0.25) is 0 Å². The molecule has 2 heteroatoms. The van der Waals surface area contributed by atoms with Crippen LogP contribution in [0.1, 0.15) is 6.92 Å². The molecule has 2 nitrogen and oxygen atoms in total. The molecule has 0 atom stereocenters. The highest BCUT2D eigenvalue weighted by molar-refractivity contribution is 5.50. The first-order chi connectivity index (χ1) is 6.25. The van der Waals surface area contributed by atoms with Crippen molar-refractivity contribution in [3.8, 4) is 6.07 Å². The molecule has 0 bridgehead atoms. The van der Waals surface area contributed by atoms with Gasteiger partial charge in [-0.05, 0) is 19.1 Å². The van der Waals surface area contributed by atoms with E-state index >= 15 is 0 Å². The van der Waals surface area contributed by atoms with Gasteiger partial charge in [-0.25, -0.2) is 0 Å². The molecule has 0 amide bonds. The van der Waals surface area contributed by atoms with Crippen LogP contribution in [0.15, 0.2) is 42.1 Å². The molecule has 0 aliphatic rings. The van der Waals surface area contributed by atoms with Crippen molar-refractivity contribution in [3.63, 3.8) is 0 Å². The Balaban J connectivity index is 2.87. The van der Waals surface area contributed by atoms with Crippen LogP contribution >= 0.6 is 0 Å². The molecular formula is C11H12N2. The molecule has 0 aliphatic carbocycles. The lowest BCUT2D eigenvalue weighted by molar-refractivity contribution is 1.09. The molecule has 66 valence electrons. The summed E-state index contributed by atoms with van der Waals surface area (Å²) in [5, 5.41) is 8.48. The minimum atomic E-state index is 0.939. The number of anilines is 1. The van der Waals surface area contributed by atoms with Crippen LogP contribution in [-0.2, 0) is 0 Å². The van der Waals surface area contributed by atoms with Gasteiger partial charge >= 0.3 is 0 Å². The SMILES string of the molecule is C/C(=C/C#N)N(C)c1ccccc1. The fourth-order valence-corrected chi connectivity index (χ4v) is 1.05. The molecule has 0 saturated carbocycles. The van der Waals surface area contributed by atoms with E-state index in [4.69, 9.17) is 5.26 Å². The van der Waals surface area contributed by atoms with E-state index in [-0.39, 0.29) is 0 Å². The molecule has 0 heterocycles. The average molecular weight is 172 g/mol. The van der Waals surface area contributed by atoms with Crippen molar-refractivity contribution in [2.45, 2.75) is 6.92 Å². The lowest BCUT2D eigenvalue weighted by atomic mass is 10.3. The van der Waals surface area contributed by atoms with Gasteiger partial charge in [-0.3, -0.25) is 0 Å². The Morgan fingerprint density at radius 3 is 2.54 bits per heavy atom. The molecule has 0 spiro atoms. The first-order valence-electron chi connectivity index (χ1n) is 4.11. The molecule has 0 radical (unpaired) electrons. The first-order valence-corrected chi connectivity index (χ1v) is 4.11. The minimum Gasteiger partial charge on any atom is -0.348 e. The Morgan fingerprint density at radius 2 is 2.00 bits per heavy atom. The summed E-state index contributed by atoms with van der Waals surface area (Å²) < 4.78 is 0. The number of para-hydroxylation sites is 1. The van der Waals surface area contributed by atoms with Crippen LogP contribution in [-0.4, -0.2) is 7.05 Å². The molecule has 0 fully saturated rings. The fourth-order valence-electron chi connectivity index (χ4n) is 1.05. The number of nitrogens with zero attached hydrogens (tertiary/aromatic N) is 2. The monoisotopic (exact) mass is 172 g/mol. The van der Waals surface area contributed by atoms with Gasteiger partial charge in [0, 0.05) is 24.5 Å². The quantitative estimate of drug-likeness (QED) is 0.641. The van der Waals surface area contributed by atoms with Crippen LogP contribution in [0.4, 0.5) is 5.69 Å². The van der Waals surface area contributed by atoms with E-state index in [1.54, 1.807) is 0 Å². The lowest BCUT2D eigenvalue weighted by Gasteiger charge is -2.18. The third kappa shape index (κ3) is 2.34. The van der Waals surface area contributed by atoms with Crippen molar-refractivity contribution in [2.24, 2.45) is 0 Å². The maximum atomic E-state index is 8.48. The van der Waals surface area contributed by atoms with Crippen LogP contribution in [0, 0.1) is 11.3 Å². The molecule has 0 aromatic heterocycles. The highest BCUT2D eigenvalue weighted by Crippen LogP contribution is 2.15. The highest BCUT2D eigenvalue weighted by Gasteiger charge is 1.99. The average Bonchev–Trinajstić information content (AvgIpc) is 2.18. The first kappa shape index (κ1) is 9.34. The number of hydrogen-bond donors (Lipinski definition) is 0. The van der Waals surface area contributed by atoms with Gasteiger partial charge in [0.1, 0.15) is 0 Å². The molecule has 0 saturated heterocycles. The molecule has 0 aliphatic heterocycles. The van der Waals surface area contributed by atoms with Crippen LogP contribution in [0.3, 0.4) is 0 Å². The summed E-state index contributed by atoms with van der Waals surface area (Å²) in [6.45, 7) is 1.91. The lowest BCUT2D eigenvalue weighted by Crippen LogP contribution is -2.13. The van der Waals surface area contributed by atoms with Gasteiger partial charge < -0.3 is 4.90 Å². The fraction of sp³-hybridized carbons (Fsp3) is 0.182. The van der Waals surface area contributed by atoms with Crippen molar-refractivity contribution in [1.82, 2.24) is 0 Å². The Bertz CT molecular complexity index is 333. The van der Waals surface area contributed by atoms with Gasteiger partial charge in [0.25, 0.3) is 0 Å². The van der Waals surface area contributed by atoms with E-state index in [0.717, 1.165) is 11.4 Å². The molecule has 1 aromatic rings. The number of nitriles is 1. The predicted octanol–water partition coefficient (Wildman–Crippen LogP) is 2.55. The van der Waals surface area contributed by atoms with Gasteiger partial charge in [0.2, 0.25) is 0 Å². The summed E-state index contributed by atoms with van der Waals surface area (Å²) in [5.41, 5.74) is 2.03. The Morgan fingerprint density at radius 1 is 1.38 bits per heavy atom. The summed E-state index contributed by atoms with van der Waals surface area (Å²) in [6.07, 6.45) is 1.53. The van der Waals surface area contributed by atoms with E-state index in [1.807, 2.05) is 55.3 Å². The van der Waals surface area contributed by atoms with Gasteiger partial charge in [-0.2, -0.15) is 5.26 Å². The smallest absolute Gasteiger partial charge is 0.0930 e.